The zero-order valence-corrected chi connectivity index (χ0v) is 16.3. The van der Waals surface area contributed by atoms with Gasteiger partial charge in [0.25, 0.3) is 0 Å². The standard InChI is InChI=1S/C23H20Cl2N2/c24-20-8-5-6-17(12-20)15-27-16-19(21-9-2-4-11-23(21)27)14-26-13-18-7-1-3-10-22(18)25/h1-12,16,26H,13-15H2. The molecule has 3 aromatic carbocycles. The molecule has 2 nitrogen and oxygen atoms in total. The Bertz CT molecular complexity index is 1070. The second-order valence-corrected chi connectivity index (χ2v) is 7.47. The van der Waals surface area contributed by atoms with E-state index < -0.39 is 0 Å². The monoisotopic (exact) mass is 394 g/mol. The van der Waals surface area contributed by atoms with Gasteiger partial charge in [-0.05, 0) is 41.0 Å². The number of fused-ring (bicyclic) bond motifs is 1. The molecule has 0 aliphatic rings. The number of halogens is 2. The maximum Gasteiger partial charge on any atom is 0.0486 e. The van der Waals surface area contributed by atoms with Crippen molar-refractivity contribution in [3.63, 3.8) is 0 Å². The molecule has 0 fully saturated rings. The first-order chi connectivity index (χ1) is 13.2. The molecule has 27 heavy (non-hydrogen) atoms. The van der Waals surface area contributed by atoms with Gasteiger partial charge in [0.1, 0.15) is 0 Å². The summed E-state index contributed by atoms with van der Waals surface area (Å²) < 4.78 is 2.29. The molecule has 0 aliphatic heterocycles. The minimum absolute atomic E-state index is 0.744. The van der Waals surface area contributed by atoms with Crippen LogP contribution in [0.25, 0.3) is 10.9 Å². The van der Waals surface area contributed by atoms with Crippen LogP contribution in [-0.4, -0.2) is 4.57 Å². The Morgan fingerprint density at radius 1 is 0.778 bits per heavy atom. The third-order valence-electron chi connectivity index (χ3n) is 4.70. The third-order valence-corrected chi connectivity index (χ3v) is 5.31. The number of nitrogens with zero attached hydrogens (tertiary/aromatic N) is 1. The van der Waals surface area contributed by atoms with Gasteiger partial charge in [-0.1, -0.05) is 71.7 Å². The van der Waals surface area contributed by atoms with Crippen molar-refractivity contribution in [3.8, 4) is 0 Å². The van der Waals surface area contributed by atoms with Crippen LogP contribution < -0.4 is 5.32 Å². The second kappa shape index (κ2) is 8.18. The number of para-hydroxylation sites is 1. The van der Waals surface area contributed by atoms with E-state index in [0.29, 0.717) is 0 Å². The normalized spacial score (nSPS) is 11.2. The predicted octanol–water partition coefficient (Wildman–Crippen LogP) is 6.29. The van der Waals surface area contributed by atoms with Gasteiger partial charge in [0.05, 0.1) is 0 Å². The molecule has 0 amide bonds. The van der Waals surface area contributed by atoms with E-state index in [0.717, 1.165) is 35.2 Å². The summed E-state index contributed by atoms with van der Waals surface area (Å²) in [7, 11) is 0. The van der Waals surface area contributed by atoms with E-state index in [2.05, 4.69) is 52.5 Å². The molecule has 1 N–H and O–H groups in total. The summed E-state index contributed by atoms with van der Waals surface area (Å²) in [4.78, 5) is 0. The molecular formula is C23H20Cl2N2. The van der Waals surface area contributed by atoms with Gasteiger partial charge >= 0.3 is 0 Å². The number of benzene rings is 3. The lowest BCUT2D eigenvalue weighted by Gasteiger charge is -2.06. The van der Waals surface area contributed by atoms with Crippen molar-refractivity contribution in [2.45, 2.75) is 19.6 Å². The van der Waals surface area contributed by atoms with Crippen molar-refractivity contribution in [2.24, 2.45) is 0 Å². The van der Waals surface area contributed by atoms with Crippen molar-refractivity contribution in [3.05, 3.63) is 106 Å². The highest BCUT2D eigenvalue weighted by molar-refractivity contribution is 6.31. The number of aromatic nitrogens is 1. The number of hydrogen-bond donors (Lipinski definition) is 1. The molecule has 0 unspecified atom stereocenters. The van der Waals surface area contributed by atoms with E-state index in [1.54, 1.807) is 0 Å². The molecule has 4 rings (SSSR count). The Balaban J connectivity index is 1.55. The topological polar surface area (TPSA) is 17.0 Å². The largest absolute Gasteiger partial charge is 0.343 e. The van der Waals surface area contributed by atoms with Gasteiger partial charge < -0.3 is 9.88 Å². The van der Waals surface area contributed by atoms with Crippen LogP contribution in [-0.2, 0) is 19.6 Å². The molecule has 1 aromatic heterocycles. The van der Waals surface area contributed by atoms with E-state index >= 15 is 0 Å². The van der Waals surface area contributed by atoms with E-state index in [-0.39, 0.29) is 0 Å². The first-order valence-corrected chi connectivity index (χ1v) is 9.71. The fraction of sp³-hybridized carbons (Fsp3) is 0.130. The maximum atomic E-state index is 6.25. The molecular weight excluding hydrogens is 375 g/mol. The van der Waals surface area contributed by atoms with Crippen molar-refractivity contribution >= 4 is 34.1 Å². The fourth-order valence-corrected chi connectivity index (χ4v) is 3.82. The average molecular weight is 395 g/mol. The van der Waals surface area contributed by atoms with Crippen molar-refractivity contribution in [1.82, 2.24) is 9.88 Å². The summed E-state index contributed by atoms with van der Waals surface area (Å²) in [5.41, 5.74) is 4.81. The summed E-state index contributed by atoms with van der Waals surface area (Å²) in [6, 6.07) is 24.5. The van der Waals surface area contributed by atoms with E-state index in [1.807, 2.05) is 36.4 Å². The molecule has 0 saturated heterocycles. The molecule has 1 heterocycles. The minimum Gasteiger partial charge on any atom is -0.343 e. The van der Waals surface area contributed by atoms with E-state index in [4.69, 9.17) is 23.2 Å². The van der Waals surface area contributed by atoms with Gasteiger partial charge in [0.15, 0.2) is 0 Å². The van der Waals surface area contributed by atoms with E-state index in [1.165, 1.54) is 22.0 Å². The summed E-state index contributed by atoms with van der Waals surface area (Å²) >= 11 is 12.4. The minimum atomic E-state index is 0.744. The van der Waals surface area contributed by atoms with Gasteiger partial charge in [-0.15, -0.1) is 0 Å². The second-order valence-electron chi connectivity index (χ2n) is 6.62. The summed E-state index contributed by atoms with van der Waals surface area (Å²) in [5.74, 6) is 0. The molecule has 0 saturated carbocycles. The molecule has 4 aromatic rings. The quantitative estimate of drug-likeness (QED) is 0.406. The van der Waals surface area contributed by atoms with Gasteiger partial charge in [-0.25, -0.2) is 0 Å². The molecule has 0 atom stereocenters. The average Bonchev–Trinajstić information content (AvgIpc) is 3.01. The Morgan fingerprint density at radius 2 is 1.56 bits per heavy atom. The first-order valence-electron chi connectivity index (χ1n) is 8.96. The lowest BCUT2D eigenvalue weighted by Crippen LogP contribution is -2.12. The molecule has 0 aliphatic carbocycles. The van der Waals surface area contributed by atoms with Crippen LogP contribution in [0.15, 0.2) is 79.0 Å². The summed E-state index contributed by atoms with van der Waals surface area (Å²) in [6.07, 6.45) is 2.23. The number of rotatable bonds is 6. The highest BCUT2D eigenvalue weighted by Crippen LogP contribution is 2.23. The van der Waals surface area contributed by atoms with Crippen LogP contribution in [0.3, 0.4) is 0 Å². The van der Waals surface area contributed by atoms with Crippen LogP contribution in [0.1, 0.15) is 16.7 Å². The zero-order valence-electron chi connectivity index (χ0n) is 14.8. The first kappa shape index (κ1) is 18.1. The van der Waals surface area contributed by atoms with Crippen LogP contribution in [0.4, 0.5) is 0 Å². The fourth-order valence-electron chi connectivity index (χ4n) is 3.40. The van der Waals surface area contributed by atoms with Gasteiger partial charge in [0.2, 0.25) is 0 Å². The molecule has 0 radical (unpaired) electrons. The van der Waals surface area contributed by atoms with Crippen LogP contribution >= 0.6 is 23.2 Å². The Labute approximate surface area is 169 Å². The number of hydrogen-bond acceptors (Lipinski definition) is 1. The Morgan fingerprint density at radius 3 is 2.41 bits per heavy atom. The third kappa shape index (κ3) is 4.19. The maximum absolute atomic E-state index is 6.25. The van der Waals surface area contributed by atoms with Crippen molar-refractivity contribution < 1.29 is 0 Å². The lowest BCUT2D eigenvalue weighted by molar-refractivity contribution is 0.692. The summed E-state index contributed by atoms with van der Waals surface area (Å²) in [6.45, 7) is 2.33. The van der Waals surface area contributed by atoms with E-state index in [9.17, 15) is 0 Å². The predicted molar refractivity (Wildman–Crippen MR) is 114 cm³/mol. The van der Waals surface area contributed by atoms with Gasteiger partial charge in [0, 0.05) is 46.8 Å². The molecule has 0 bridgehead atoms. The summed E-state index contributed by atoms with van der Waals surface area (Å²) in [5, 5.41) is 6.36. The van der Waals surface area contributed by atoms with Crippen molar-refractivity contribution in [2.75, 3.05) is 0 Å². The van der Waals surface area contributed by atoms with Crippen LogP contribution in [0, 0.1) is 0 Å². The van der Waals surface area contributed by atoms with Crippen LogP contribution in [0.2, 0.25) is 10.0 Å². The van der Waals surface area contributed by atoms with Crippen molar-refractivity contribution in [1.29, 1.82) is 0 Å². The Hall–Kier alpha value is -2.26. The smallest absolute Gasteiger partial charge is 0.0486 e. The Kier molecular flexibility index (Phi) is 5.49. The molecule has 4 heteroatoms. The molecule has 0 spiro atoms. The molecule has 136 valence electrons. The SMILES string of the molecule is Clc1cccc(Cn2cc(CNCc3ccccc3Cl)c3ccccc32)c1. The van der Waals surface area contributed by atoms with Gasteiger partial charge in [-0.3, -0.25) is 0 Å². The lowest BCUT2D eigenvalue weighted by atomic mass is 10.1. The highest BCUT2D eigenvalue weighted by Gasteiger charge is 2.09. The van der Waals surface area contributed by atoms with Crippen LogP contribution in [0.5, 0.6) is 0 Å². The number of nitrogens with one attached hydrogen (secondary N) is 1. The van der Waals surface area contributed by atoms with Gasteiger partial charge in [-0.2, -0.15) is 0 Å². The highest BCUT2D eigenvalue weighted by atomic mass is 35.5. The zero-order chi connectivity index (χ0) is 18.6.